The van der Waals surface area contributed by atoms with Crippen LogP contribution < -0.4 is 5.73 Å². The zero-order valence-electron chi connectivity index (χ0n) is 9.64. The van der Waals surface area contributed by atoms with Gasteiger partial charge in [0.1, 0.15) is 10.1 Å². The molecule has 17 heavy (non-hydrogen) atoms. The van der Waals surface area contributed by atoms with Crippen LogP contribution in [0, 0.1) is 0 Å². The number of hydrogen-bond donors (Lipinski definition) is 1. The summed E-state index contributed by atoms with van der Waals surface area (Å²) in [6.45, 7) is 2.05. The van der Waals surface area contributed by atoms with Crippen LogP contribution in [0.15, 0.2) is 32.9 Å². The fourth-order valence-electron chi connectivity index (χ4n) is 1.50. The molecule has 0 radical (unpaired) electrons. The first-order valence-corrected chi connectivity index (χ1v) is 6.84. The zero-order valence-corrected chi connectivity index (χ0v) is 12.0. The number of halogens is 1. The summed E-state index contributed by atoms with van der Waals surface area (Å²) < 4.78 is 2.77. The lowest BCUT2D eigenvalue weighted by Crippen LogP contribution is -1.94. The molecule has 0 saturated heterocycles. The van der Waals surface area contributed by atoms with E-state index in [-0.39, 0.29) is 0 Å². The van der Waals surface area contributed by atoms with Gasteiger partial charge in [-0.1, -0.05) is 6.92 Å². The first kappa shape index (κ1) is 12.4. The number of nitrogens with two attached hydrogens (primary N) is 1. The second kappa shape index (κ2) is 5.10. The zero-order chi connectivity index (χ0) is 12.4. The summed E-state index contributed by atoms with van der Waals surface area (Å²) in [5.74, 6) is 0. The van der Waals surface area contributed by atoms with Crippen LogP contribution >= 0.6 is 27.7 Å². The van der Waals surface area contributed by atoms with Gasteiger partial charge >= 0.3 is 0 Å². The molecule has 0 fully saturated rings. The molecule has 0 spiro atoms. The molecule has 0 atom stereocenters. The minimum Gasteiger partial charge on any atom is -0.395 e. The highest BCUT2D eigenvalue weighted by Crippen LogP contribution is 2.35. The summed E-state index contributed by atoms with van der Waals surface area (Å²) in [5, 5.41) is 6.21. The normalized spacial score (nSPS) is 10.8. The van der Waals surface area contributed by atoms with E-state index in [1.165, 1.54) is 11.8 Å². The smallest absolute Gasteiger partial charge is 0.123 e. The maximum atomic E-state index is 6.07. The minimum absolute atomic E-state index is 0.748. The lowest BCUT2D eigenvalue weighted by atomic mass is 10.3. The van der Waals surface area contributed by atoms with Gasteiger partial charge in [-0.2, -0.15) is 5.10 Å². The SMILES string of the molecule is CCc1nn(C)c(Sc2ncccc2Br)c1N. The predicted octanol–water partition coefficient (Wildman–Crippen LogP) is 2.87. The molecule has 2 aromatic heterocycles. The third kappa shape index (κ3) is 2.47. The Kier molecular flexibility index (Phi) is 3.73. The third-order valence-corrected chi connectivity index (χ3v) is 4.46. The second-order valence-corrected chi connectivity index (χ2v) is 5.37. The summed E-state index contributed by atoms with van der Waals surface area (Å²) in [6, 6.07) is 3.85. The highest BCUT2D eigenvalue weighted by atomic mass is 79.9. The number of hydrogen-bond acceptors (Lipinski definition) is 4. The average molecular weight is 313 g/mol. The lowest BCUT2D eigenvalue weighted by Gasteiger charge is -2.04. The van der Waals surface area contributed by atoms with Crippen LogP contribution in [-0.4, -0.2) is 14.8 Å². The van der Waals surface area contributed by atoms with Crippen LogP contribution in [0.5, 0.6) is 0 Å². The van der Waals surface area contributed by atoms with Gasteiger partial charge < -0.3 is 5.73 Å². The van der Waals surface area contributed by atoms with E-state index < -0.39 is 0 Å². The lowest BCUT2D eigenvalue weighted by molar-refractivity contribution is 0.687. The van der Waals surface area contributed by atoms with Crippen molar-refractivity contribution in [1.29, 1.82) is 0 Å². The van der Waals surface area contributed by atoms with Gasteiger partial charge in [0.05, 0.1) is 15.9 Å². The molecular formula is C11H13BrN4S. The highest BCUT2D eigenvalue weighted by Gasteiger charge is 2.14. The van der Waals surface area contributed by atoms with Gasteiger partial charge in [-0.15, -0.1) is 0 Å². The van der Waals surface area contributed by atoms with Crippen LogP contribution in [0.1, 0.15) is 12.6 Å². The highest BCUT2D eigenvalue weighted by molar-refractivity contribution is 9.10. The minimum atomic E-state index is 0.748. The van der Waals surface area contributed by atoms with Crippen LogP contribution in [0.4, 0.5) is 5.69 Å². The van der Waals surface area contributed by atoms with E-state index in [0.29, 0.717) is 0 Å². The molecular weight excluding hydrogens is 300 g/mol. The molecule has 2 N–H and O–H groups in total. The number of pyridine rings is 1. The molecule has 0 amide bonds. The number of rotatable bonds is 3. The summed E-state index contributed by atoms with van der Waals surface area (Å²) in [5.41, 5.74) is 7.75. The van der Waals surface area contributed by atoms with Gasteiger partial charge in [0, 0.05) is 13.2 Å². The Balaban J connectivity index is 2.37. The van der Waals surface area contributed by atoms with Crippen LogP contribution in [0.25, 0.3) is 0 Å². The maximum absolute atomic E-state index is 6.07. The fraction of sp³-hybridized carbons (Fsp3) is 0.273. The number of aryl methyl sites for hydroxylation is 2. The van der Waals surface area contributed by atoms with Crippen LogP contribution in [0.2, 0.25) is 0 Å². The van der Waals surface area contributed by atoms with Gasteiger partial charge in [-0.3, -0.25) is 4.68 Å². The maximum Gasteiger partial charge on any atom is 0.123 e. The molecule has 0 aliphatic carbocycles. The molecule has 2 aromatic rings. The summed E-state index contributed by atoms with van der Waals surface area (Å²) in [6.07, 6.45) is 2.60. The van der Waals surface area contributed by atoms with E-state index in [0.717, 1.165) is 32.3 Å². The van der Waals surface area contributed by atoms with Gasteiger partial charge in [0.15, 0.2) is 0 Å². The van der Waals surface area contributed by atoms with Gasteiger partial charge in [0.2, 0.25) is 0 Å². The van der Waals surface area contributed by atoms with Gasteiger partial charge in [-0.25, -0.2) is 4.98 Å². The van der Waals surface area contributed by atoms with Crippen LogP contribution in [0.3, 0.4) is 0 Å². The number of nitrogen functional groups attached to an aromatic ring is 1. The molecule has 0 bridgehead atoms. The Morgan fingerprint density at radius 2 is 2.29 bits per heavy atom. The van der Waals surface area contributed by atoms with E-state index in [1.807, 2.05) is 26.1 Å². The quantitative estimate of drug-likeness (QED) is 0.946. The molecule has 0 saturated carbocycles. The monoisotopic (exact) mass is 312 g/mol. The molecule has 0 aliphatic rings. The largest absolute Gasteiger partial charge is 0.395 e. The van der Waals surface area contributed by atoms with Crippen molar-refractivity contribution in [2.24, 2.45) is 7.05 Å². The number of nitrogens with zero attached hydrogens (tertiary/aromatic N) is 3. The van der Waals surface area contributed by atoms with E-state index in [1.54, 1.807) is 10.9 Å². The first-order chi connectivity index (χ1) is 8.13. The van der Waals surface area contributed by atoms with E-state index in [9.17, 15) is 0 Å². The molecule has 0 unspecified atom stereocenters. The topological polar surface area (TPSA) is 56.7 Å². The molecule has 6 heteroatoms. The predicted molar refractivity (Wildman–Crippen MR) is 73.1 cm³/mol. The van der Waals surface area contributed by atoms with Crippen molar-refractivity contribution >= 4 is 33.4 Å². The van der Waals surface area contributed by atoms with Gasteiger partial charge in [-0.05, 0) is 46.2 Å². The first-order valence-electron chi connectivity index (χ1n) is 5.23. The molecule has 4 nitrogen and oxygen atoms in total. The van der Waals surface area contributed by atoms with Crippen molar-refractivity contribution in [3.8, 4) is 0 Å². The van der Waals surface area contributed by atoms with Crippen molar-refractivity contribution in [3.05, 3.63) is 28.5 Å². The van der Waals surface area contributed by atoms with E-state index >= 15 is 0 Å². The third-order valence-electron chi connectivity index (χ3n) is 2.36. The van der Waals surface area contributed by atoms with Crippen LogP contribution in [-0.2, 0) is 13.5 Å². The summed E-state index contributed by atoms with van der Waals surface area (Å²) >= 11 is 4.99. The Labute approximate surface area is 113 Å². The van der Waals surface area contributed by atoms with Crippen molar-refractivity contribution in [3.63, 3.8) is 0 Å². The fourth-order valence-corrected chi connectivity index (χ4v) is 2.86. The Morgan fingerprint density at radius 1 is 1.53 bits per heavy atom. The van der Waals surface area contributed by atoms with Crippen molar-refractivity contribution < 1.29 is 0 Å². The molecule has 0 aliphatic heterocycles. The Morgan fingerprint density at radius 3 is 2.88 bits per heavy atom. The summed E-state index contributed by atoms with van der Waals surface area (Å²) in [7, 11) is 1.90. The average Bonchev–Trinajstić information content (AvgIpc) is 2.59. The molecule has 90 valence electrons. The molecule has 0 aromatic carbocycles. The van der Waals surface area contributed by atoms with E-state index in [2.05, 4.69) is 26.0 Å². The Hall–Kier alpha value is -1.01. The molecule has 2 heterocycles. The molecule has 2 rings (SSSR count). The van der Waals surface area contributed by atoms with Crippen molar-refractivity contribution in [2.45, 2.75) is 23.4 Å². The standard InChI is InChI=1S/C11H13BrN4S/c1-3-8-9(13)11(16(2)15-8)17-10-7(12)5-4-6-14-10/h4-6H,3,13H2,1-2H3. The number of anilines is 1. The summed E-state index contributed by atoms with van der Waals surface area (Å²) in [4.78, 5) is 4.31. The van der Waals surface area contributed by atoms with E-state index in [4.69, 9.17) is 5.73 Å². The van der Waals surface area contributed by atoms with Gasteiger partial charge in [0.25, 0.3) is 0 Å². The van der Waals surface area contributed by atoms with Crippen molar-refractivity contribution in [1.82, 2.24) is 14.8 Å². The number of aromatic nitrogens is 3. The van der Waals surface area contributed by atoms with Crippen molar-refractivity contribution in [2.75, 3.05) is 5.73 Å². The second-order valence-electron chi connectivity index (χ2n) is 3.54. The Bertz CT molecular complexity index is 538.